The molecule has 23 heavy (non-hydrogen) atoms. The lowest BCUT2D eigenvalue weighted by Gasteiger charge is -2.31. The van der Waals surface area contributed by atoms with Crippen molar-refractivity contribution in [3.05, 3.63) is 24.3 Å². The minimum atomic E-state index is -0.631. The van der Waals surface area contributed by atoms with Crippen LogP contribution in [0.5, 0.6) is 0 Å². The van der Waals surface area contributed by atoms with Crippen LogP contribution in [0.2, 0.25) is 0 Å². The Balaban J connectivity index is 1.65. The number of anilines is 2. The maximum Gasteiger partial charge on any atom is 0.306 e. The van der Waals surface area contributed by atoms with Crippen molar-refractivity contribution < 1.29 is 9.90 Å². The molecule has 3 rings (SSSR count). The number of hydrogen-bond donors (Lipinski definition) is 2. The molecule has 1 aliphatic heterocycles. The Morgan fingerprint density at radius 3 is 2.30 bits per heavy atom. The van der Waals surface area contributed by atoms with Gasteiger partial charge in [-0.3, -0.25) is 4.79 Å². The van der Waals surface area contributed by atoms with Crippen molar-refractivity contribution >= 4 is 17.3 Å². The summed E-state index contributed by atoms with van der Waals surface area (Å²) in [6.07, 6.45) is 8.71. The van der Waals surface area contributed by atoms with Gasteiger partial charge in [-0.05, 0) is 50.7 Å². The Kier molecular flexibility index (Phi) is 5.42. The third-order valence-corrected chi connectivity index (χ3v) is 5.29. The molecular weight excluding hydrogens is 288 g/mol. The SMILES string of the molecule is O=C(O)C1CCC(Nc2ccccc2N2CCCCCC2)CC1. The van der Waals surface area contributed by atoms with Gasteiger partial charge in [-0.2, -0.15) is 0 Å². The number of aliphatic carboxylic acids is 1. The van der Waals surface area contributed by atoms with E-state index in [1.165, 1.54) is 37.1 Å². The van der Waals surface area contributed by atoms with Gasteiger partial charge in [0, 0.05) is 19.1 Å². The molecule has 0 atom stereocenters. The molecule has 2 aliphatic rings. The van der Waals surface area contributed by atoms with Crippen molar-refractivity contribution in [2.45, 2.75) is 57.4 Å². The highest BCUT2D eigenvalue weighted by atomic mass is 16.4. The highest BCUT2D eigenvalue weighted by molar-refractivity contribution is 5.71. The number of nitrogens with zero attached hydrogens (tertiary/aromatic N) is 1. The molecule has 1 aromatic carbocycles. The van der Waals surface area contributed by atoms with Crippen LogP contribution in [0.25, 0.3) is 0 Å². The fraction of sp³-hybridized carbons (Fsp3) is 0.632. The van der Waals surface area contributed by atoms with Crippen LogP contribution in [0.15, 0.2) is 24.3 Å². The summed E-state index contributed by atoms with van der Waals surface area (Å²) in [4.78, 5) is 13.6. The average molecular weight is 316 g/mol. The van der Waals surface area contributed by atoms with Crippen LogP contribution in [0.3, 0.4) is 0 Å². The van der Waals surface area contributed by atoms with Gasteiger partial charge >= 0.3 is 5.97 Å². The number of carbonyl (C=O) groups is 1. The Morgan fingerprint density at radius 2 is 1.65 bits per heavy atom. The molecule has 0 radical (unpaired) electrons. The standard InChI is InChI=1S/C19H28N2O2/c22-19(23)15-9-11-16(12-10-15)20-17-7-3-4-8-18(17)21-13-5-1-2-6-14-21/h3-4,7-8,15-16,20H,1-2,5-6,9-14H2,(H,22,23). The average Bonchev–Trinajstić information content (AvgIpc) is 2.85. The van der Waals surface area contributed by atoms with Gasteiger partial charge in [-0.1, -0.05) is 25.0 Å². The summed E-state index contributed by atoms with van der Waals surface area (Å²) in [5.41, 5.74) is 2.53. The molecule has 1 saturated carbocycles. The van der Waals surface area contributed by atoms with Crippen molar-refractivity contribution in [1.82, 2.24) is 0 Å². The first-order valence-corrected chi connectivity index (χ1v) is 9.07. The van der Waals surface area contributed by atoms with Crippen molar-refractivity contribution in [1.29, 1.82) is 0 Å². The Morgan fingerprint density at radius 1 is 1.00 bits per heavy atom. The van der Waals surface area contributed by atoms with E-state index < -0.39 is 5.97 Å². The normalized spacial score (nSPS) is 25.7. The Hall–Kier alpha value is -1.71. The van der Waals surface area contributed by atoms with Crippen molar-refractivity contribution in [2.24, 2.45) is 5.92 Å². The van der Waals surface area contributed by atoms with Crippen molar-refractivity contribution in [2.75, 3.05) is 23.3 Å². The molecule has 1 aromatic rings. The van der Waals surface area contributed by atoms with Crippen LogP contribution in [-0.2, 0) is 4.79 Å². The summed E-state index contributed by atoms with van der Waals surface area (Å²) in [6.45, 7) is 2.29. The summed E-state index contributed by atoms with van der Waals surface area (Å²) in [6, 6.07) is 9.00. The molecule has 1 saturated heterocycles. The fourth-order valence-corrected chi connectivity index (χ4v) is 3.89. The van der Waals surface area contributed by atoms with Gasteiger partial charge in [0.25, 0.3) is 0 Å². The first kappa shape index (κ1) is 16.2. The predicted molar refractivity (Wildman–Crippen MR) is 94.1 cm³/mol. The molecular formula is C19H28N2O2. The summed E-state index contributed by atoms with van der Waals surface area (Å²) in [5, 5.41) is 12.8. The lowest BCUT2D eigenvalue weighted by molar-refractivity contribution is -0.142. The molecule has 0 amide bonds. The third kappa shape index (κ3) is 4.18. The second-order valence-electron chi connectivity index (χ2n) is 6.95. The second-order valence-corrected chi connectivity index (χ2v) is 6.95. The van der Waals surface area contributed by atoms with Crippen LogP contribution < -0.4 is 10.2 Å². The monoisotopic (exact) mass is 316 g/mol. The second kappa shape index (κ2) is 7.71. The van der Waals surface area contributed by atoms with E-state index in [1.54, 1.807) is 0 Å². The third-order valence-electron chi connectivity index (χ3n) is 5.29. The zero-order valence-electron chi connectivity index (χ0n) is 13.8. The molecule has 0 aromatic heterocycles. The highest BCUT2D eigenvalue weighted by Crippen LogP contribution is 2.32. The fourth-order valence-electron chi connectivity index (χ4n) is 3.89. The van der Waals surface area contributed by atoms with Crippen molar-refractivity contribution in [3.63, 3.8) is 0 Å². The topological polar surface area (TPSA) is 52.6 Å². The summed E-state index contributed by atoms with van der Waals surface area (Å²) < 4.78 is 0. The van der Waals surface area contributed by atoms with Gasteiger partial charge < -0.3 is 15.3 Å². The molecule has 2 fully saturated rings. The summed E-state index contributed by atoms with van der Waals surface area (Å²) in [7, 11) is 0. The molecule has 1 aliphatic carbocycles. The molecule has 0 bridgehead atoms. The molecule has 4 heteroatoms. The smallest absolute Gasteiger partial charge is 0.306 e. The first-order chi connectivity index (χ1) is 11.2. The van der Waals surface area contributed by atoms with E-state index in [4.69, 9.17) is 5.11 Å². The first-order valence-electron chi connectivity index (χ1n) is 9.07. The molecule has 2 N–H and O–H groups in total. The Bertz CT molecular complexity index is 516. The molecule has 0 unspecified atom stereocenters. The molecule has 1 heterocycles. The maximum absolute atomic E-state index is 11.1. The van der Waals surface area contributed by atoms with Crippen LogP contribution in [0.4, 0.5) is 11.4 Å². The maximum atomic E-state index is 11.1. The van der Waals surface area contributed by atoms with Crippen molar-refractivity contribution in [3.8, 4) is 0 Å². The lowest BCUT2D eigenvalue weighted by Crippen LogP contribution is -2.31. The summed E-state index contributed by atoms with van der Waals surface area (Å²) >= 11 is 0. The lowest BCUT2D eigenvalue weighted by atomic mass is 9.86. The van der Waals surface area contributed by atoms with E-state index in [2.05, 4.69) is 34.5 Å². The number of benzene rings is 1. The van der Waals surface area contributed by atoms with Gasteiger partial charge in [0.15, 0.2) is 0 Å². The van der Waals surface area contributed by atoms with Crippen LogP contribution >= 0.6 is 0 Å². The number of para-hydroxylation sites is 2. The predicted octanol–water partition coefficient (Wildman–Crippen LogP) is 4.12. The zero-order chi connectivity index (χ0) is 16.1. The van der Waals surface area contributed by atoms with E-state index in [1.807, 2.05) is 0 Å². The van der Waals surface area contributed by atoms with Gasteiger partial charge in [0.2, 0.25) is 0 Å². The van der Waals surface area contributed by atoms with Gasteiger partial charge in [0.05, 0.1) is 17.3 Å². The quantitative estimate of drug-likeness (QED) is 0.877. The number of carboxylic acid groups (broad SMARTS) is 1. The van der Waals surface area contributed by atoms with Gasteiger partial charge in [0.1, 0.15) is 0 Å². The van der Waals surface area contributed by atoms with Crippen LogP contribution in [0, 0.1) is 5.92 Å². The largest absolute Gasteiger partial charge is 0.481 e. The Labute approximate surface area is 138 Å². The number of rotatable bonds is 4. The minimum Gasteiger partial charge on any atom is -0.481 e. The van der Waals surface area contributed by atoms with E-state index in [9.17, 15) is 4.79 Å². The number of nitrogens with one attached hydrogen (secondary N) is 1. The summed E-state index contributed by atoms with van der Waals surface area (Å²) in [5.74, 6) is -0.776. The van der Waals surface area contributed by atoms with Crippen LogP contribution in [-0.4, -0.2) is 30.2 Å². The molecule has 0 spiro atoms. The van der Waals surface area contributed by atoms with E-state index in [0.29, 0.717) is 6.04 Å². The number of hydrogen-bond acceptors (Lipinski definition) is 3. The van der Waals surface area contributed by atoms with E-state index in [-0.39, 0.29) is 5.92 Å². The zero-order valence-corrected chi connectivity index (χ0v) is 13.8. The molecule has 4 nitrogen and oxygen atoms in total. The number of carboxylic acids is 1. The minimum absolute atomic E-state index is 0.145. The van der Waals surface area contributed by atoms with E-state index >= 15 is 0 Å². The van der Waals surface area contributed by atoms with Crippen LogP contribution in [0.1, 0.15) is 51.4 Å². The highest BCUT2D eigenvalue weighted by Gasteiger charge is 2.26. The van der Waals surface area contributed by atoms with Gasteiger partial charge in [-0.25, -0.2) is 0 Å². The molecule has 126 valence electrons. The van der Waals surface area contributed by atoms with E-state index in [0.717, 1.165) is 38.8 Å². The van der Waals surface area contributed by atoms with Gasteiger partial charge in [-0.15, -0.1) is 0 Å².